The van der Waals surface area contributed by atoms with E-state index in [1.807, 2.05) is 0 Å². The van der Waals surface area contributed by atoms with Gasteiger partial charge in [0, 0.05) is 10.7 Å². The zero-order valence-electron chi connectivity index (χ0n) is 10.0. The molecule has 3 heterocycles. The van der Waals surface area contributed by atoms with Crippen LogP contribution in [0.1, 0.15) is 19.3 Å². The summed E-state index contributed by atoms with van der Waals surface area (Å²) in [6.45, 7) is 0. The molecule has 0 aromatic carbocycles. The topological polar surface area (TPSA) is 94.3 Å². The van der Waals surface area contributed by atoms with Crippen molar-refractivity contribution in [3.05, 3.63) is 16.7 Å². The van der Waals surface area contributed by atoms with Crippen LogP contribution >= 0.6 is 15.9 Å². The van der Waals surface area contributed by atoms with E-state index in [2.05, 4.69) is 25.6 Å². The Kier molecular flexibility index (Phi) is 3.28. The van der Waals surface area contributed by atoms with Crippen molar-refractivity contribution >= 4 is 31.8 Å². The number of sulfonamides is 1. The lowest BCUT2D eigenvalue weighted by molar-refractivity contribution is 0.0996. The number of hydrogen-bond acceptors (Lipinski definition) is 5. The van der Waals surface area contributed by atoms with Gasteiger partial charge in [0.25, 0.3) is 0 Å². The van der Waals surface area contributed by atoms with Crippen LogP contribution in [0.4, 0.5) is 5.82 Å². The van der Waals surface area contributed by atoms with Crippen molar-refractivity contribution < 1.29 is 13.2 Å². The van der Waals surface area contributed by atoms with E-state index in [0.717, 1.165) is 19.3 Å². The second-order valence-electron chi connectivity index (χ2n) is 4.87. The minimum atomic E-state index is -3.67. The number of fused-ring (bicyclic) bond motifs is 2. The van der Waals surface area contributed by atoms with Gasteiger partial charge in [0.1, 0.15) is 10.7 Å². The molecular weight excluding hydrogens is 334 g/mol. The standard InChI is InChI=1S/C11H14BrN3O3S/c12-6-3-10(11(13)14-5-6)19(16,17)15-8-4-7-1-2-9(8)18-7/h3,5,7-9,15H,1-2,4H2,(H2,13,14). The highest BCUT2D eigenvalue weighted by molar-refractivity contribution is 9.10. The molecule has 1 aromatic heterocycles. The van der Waals surface area contributed by atoms with Crippen molar-refractivity contribution in [2.24, 2.45) is 0 Å². The average Bonchev–Trinajstić information content (AvgIpc) is 2.93. The molecule has 2 bridgehead atoms. The Labute approximate surface area is 119 Å². The highest BCUT2D eigenvalue weighted by Crippen LogP contribution is 2.35. The van der Waals surface area contributed by atoms with Crippen LogP contribution < -0.4 is 10.5 Å². The molecule has 0 aliphatic carbocycles. The van der Waals surface area contributed by atoms with Crippen LogP contribution in [-0.4, -0.2) is 31.7 Å². The van der Waals surface area contributed by atoms with Gasteiger partial charge in [0.05, 0.1) is 18.2 Å². The number of nitrogen functional groups attached to an aromatic ring is 1. The molecule has 0 spiro atoms. The summed E-state index contributed by atoms with van der Waals surface area (Å²) in [4.78, 5) is 3.85. The molecule has 3 unspecified atom stereocenters. The lowest BCUT2D eigenvalue weighted by Crippen LogP contribution is -2.41. The number of rotatable bonds is 3. The molecule has 1 aromatic rings. The first kappa shape index (κ1) is 13.3. The number of pyridine rings is 1. The number of anilines is 1. The van der Waals surface area contributed by atoms with E-state index in [-0.39, 0.29) is 29.0 Å². The van der Waals surface area contributed by atoms with Crippen LogP contribution in [-0.2, 0) is 14.8 Å². The van der Waals surface area contributed by atoms with Gasteiger partial charge in [-0.2, -0.15) is 0 Å². The fourth-order valence-electron chi connectivity index (χ4n) is 2.67. The maximum Gasteiger partial charge on any atom is 0.244 e. The quantitative estimate of drug-likeness (QED) is 0.851. The number of halogens is 1. The fraction of sp³-hybridized carbons (Fsp3) is 0.545. The van der Waals surface area contributed by atoms with Gasteiger partial charge in [-0.15, -0.1) is 0 Å². The highest BCUT2D eigenvalue weighted by Gasteiger charge is 2.42. The summed E-state index contributed by atoms with van der Waals surface area (Å²) in [7, 11) is -3.67. The molecule has 0 radical (unpaired) electrons. The molecule has 2 saturated heterocycles. The molecule has 8 heteroatoms. The molecule has 0 saturated carbocycles. The lowest BCUT2D eigenvalue weighted by atomic mass is 9.96. The summed E-state index contributed by atoms with van der Waals surface area (Å²) in [5, 5.41) is 0. The first-order valence-electron chi connectivity index (χ1n) is 6.04. The van der Waals surface area contributed by atoms with E-state index in [0.29, 0.717) is 4.47 Å². The summed E-state index contributed by atoms with van der Waals surface area (Å²) in [6.07, 6.45) is 4.30. The average molecular weight is 348 g/mol. The van der Waals surface area contributed by atoms with Gasteiger partial charge in [-0.3, -0.25) is 0 Å². The number of ether oxygens (including phenoxy) is 1. The summed E-state index contributed by atoms with van der Waals surface area (Å²) < 4.78 is 33.6. The van der Waals surface area contributed by atoms with Crippen molar-refractivity contribution in [1.29, 1.82) is 0 Å². The first-order chi connectivity index (χ1) is 8.95. The van der Waals surface area contributed by atoms with E-state index >= 15 is 0 Å². The van der Waals surface area contributed by atoms with Crippen LogP contribution in [0.15, 0.2) is 21.6 Å². The second kappa shape index (κ2) is 4.69. The van der Waals surface area contributed by atoms with Crippen molar-refractivity contribution in [3.8, 4) is 0 Å². The fourth-order valence-corrected chi connectivity index (χ4v) is 4.54. The van der Waals surface area contributed by atoms with E-state index in [1.165, 1.54) is 12.3 Å². The van der Waals surface area contributed by atoms with Crippen LogP contribution in [0, 0.1) is 0 Å². The van der Waals surface area contributed by atoms with Gasteiger partial charge in [0.2, 0.25) is 10.0 Å². The summed E-state index contributed by atoms with van der Waals surface area (Å²) >= 11 is 3.20. The van der Waals surface area contributed by atoms with Crippen molar-refractivity contribution in [3.63, 3.8) is 0 Å². The summed E-state index contributed by atoms with van der Waals surface area (Å²) in [5.41, 5.74) is 5.64. The van der Waals surface area contributed by atoms with Gasteiger partial charge in [-0.05, 0) is 41.3 Å². The molecule has 3 N–H and O–H groups in total. The van der Waals surface area contributed by atoms with Gasteiger partial charge in [-0.25, -0.2) is 18.1 Å². The maximum absolute atomic E-state index is 12.3. The Balaban J connectivity index is 1.85. The number of nitrogens with two attached hydrogens (primary N) is 1. The van der Waals surface area contributed by atoms with Gasteiger partial charge in [0.15, 0.2) is 0 Å². The third-order valence-electron chi connectivity index (χ3n) is 3.55. The van der Waals surface area contributed by atoms with Crippen LogP contribution in [0.3, 0.4) is 0 Å². The predicted octanol–water partition coefficient (Wildman–Crippen LogP) is 1.02. The molecule has 6 nitrogen and oxygen atoms in total. The monoisotopic (exact) mass is 347 g/mol. The largest absolute Gasteiger partial charge is 0.383 e. The lowest BCUT2D eigenvalue weighted by Gasteiger charge is -2.20. The third-order valence-corrected chi connectivity index (χ3v) is 5.50. The van der Waals surface area contributed by atoms with Gasteiger partial charge < -0.3 is 10.5 Å². The molecule has 2 aliphatic heterocycles. The zero-order valence-corrected chi connectivity index (χ0v) is 12.4. The van der Waals surface area contributed by atoms with Crippen molar-refractivity contribution in [2.75, 3.05) is 5.73 Å². The first-order valence-corrected chi connectivity index (χ1v) is 8.32. The summed E-state index contributed by atoms with van der Waals surface area (Å²) in [5.74, 6) is -0.000209. The minimum absolute atomic E-state index is 0.000209. The van der Waals surface area contributed by atoms with Gasteiger partial charge in [-0.1, -0.05) is 0 Å². The number of hydrogen-bond donors (Lipinski definition) is 2. The molecule has 3 atom stereocenters. The van der Waals surface area contributed by atoms with E-state index in [4.69, 9.17) is 10.5 Å². The maximum atomic E-state index is 12.3. The molecule has 3 rings (SSSR count). The number of nitrogens with zero attached hydrogens (tertiary/aromatic N) is 1. The molecular formula is C11H14BrN3O3S. The Hall–Kier alpha value is -0.700. The number of aromatic nitrogens is 1. The Morgan fingerprint density at radius 2 is 2.26 bits per heavy atom. The molecule has 0 amide bonds. The van der Waals surface area contributed by atoms with Crippen molar-refractivity contribution in [2.45, 2.75) is 42.4 Å². The van der Waals surface area contributed by atoms with Crippen LogP contribution in [0.2, 0.25) is 0 Å². The molecule has 19 heavy (non-hydrogen) atoms. The number of nitrogens with one attached hydrogen (secondary N) is 1. The highest BCUT2D eigenvalue weighted by atomic mass is 79.9. The van der Waals surface area contributed by atoms with Crippen LogP contribution in [0.5, 0.6) is 0 Å². The zero-order chi connectivity index (χ0) is 13.6. The van der Waals surface area contributed by atoms with E-state index in [9.17, 15) is 8.42 Å². The van der Waals surface area contributed by atoms with Gasteiger partial charge >= 0.3 is 0 Å². The summed E-state index contributed by atoms with van der Waals surface area (Å²) in [6, 6.07) is 1.29. The van der Waals surface area contributed by atoms with Crippen molar-refractivity contribution in [1.82, 2.24) is 9.71 Å². The SMILES string of the molecule is Nc1ncc(Br)cc1S(=O)(=O)NC1CC2CCC1O2. The molecule has 2 fully saturated rings. The third kappa shape index (κ3) is 2.49. The minimum Gasteiger partial charge on any atom is -0.383 e. The Morgan fingerprint density at radius 3 is 2.89 bits per heavy atom. The normalized spacial score (nSPS) is 29.8. The molecule has 104 valence electrons. The van der Waals surface area contributed by atoms with E-state index in [1.54, 1.807) is 0 Å². The smallest absolute Gasteiger partial charge is 0.244 e. The Morgan fingerprint density at radius 1 is 1.47 bits per heavy atom. The second-order valence-corrected chi connectivity index (χ2v) is 7.47. The molecule has 2 aliphatic rings. The Bertz CT molecular complexity index is 607. The van der Waals surface area contributed by atoms with E-state index < -0.39 is 10.0 Å². The predicted molar refractivity (Wildman–Crippen MR) is 73.0 cm³/mol. The van der Waals surface area contributed by atoms with Crippen LogP contribution in [0.25, 0.3) is 0 Å².